The zero-order chi connectivity index (χ0) is 11.7. The summed E-state index contributed by atoms with van der Waals surface area (Å²) in [4.78, 5) is 2.64. The molecule has 0 bridgehead atoms. The molecule has 1 saturated heterocycles. The number of piperidine rings is 1. The van der Waals surface area contributed by atoms with Crippen LogP contribution in [0.2, 0.25) is 0 Å². The molecule has 92 valence electrons. The van der Waals surface area contributed by atoms with Crippen LogP contribution < -0.4 is 5.73 Å². The van der Waals surface area contributed by atoms with E-state index in [0.29, 0.717) is 5.41 Å². The van der Waals surface area contributed by atoms with E-state index in [2.05, 4.69) is 17.0 Å². The summed E-state index contributed by atoms with van der Waals surface area (Å²) in [6.45, 7) is 3.80. The summed E-state index contributed by atoms with van der Waals surface area (Å²) in [7, 11) is 0. The predicted octanol–water partition coefficient (Wildman–Crippen LogP) is 2.79. The van der Waals surface area contributed by atoms with Crippen molar-refractivity contribution in [2.75, 3.05) is 25.4 Å². The Labute approximate surface area is 104 Å². The van der Waals surface area contributed by atoms with E-state index < -0.39 is 0 Å². The fourth-order valence-corrected chi connectivity index (χ4v) is 3.19. The van der Waals surface area contributed by atoms with Gasteiger partial charge in [-0.05, 0) is 50.4 Å². The van der Waals surface area contributed by atoms with E-state index in [-0.39, 0.29) is 0 Å². The highest BCUT2D eigenvalue weighted by Crippen LogP contribution is 2.50. The van der Waals surface area contributed by atoms with Crippen LogP contribution in [0.4, 0.5) is 5.69 Å². The van der Waals surface area contributed by atoms with E-state index >= 15 is 0 Å². The maximum atomic E-state index is 6.13. The second-order valence-corrected chi connectivity index (χ2v) is 5.70. The molecule has 2 nitrogen and oxygen atoms in total. The predicted molar refractivity (Wildman–Crippen MR) is 72.1 cm³/mol. The maximum absolute atomic E-state index is 6.13. The van der Waals surface area contributed by atoms with Crippen molar-refractivity contribution in [2.45, 2.75) is 37.5 Å². The Bertz CT molecular complexity index is 390. The normalized spacial score (nSPS) is 23.5. The van der Waals surface area contributed by atoms with E-state index in [9.17, 15) is 0 Å². The molecule has 17 heavy (non-hydrogen) atoms. The molecule has 1 heterocycles. The van der Waals surface area contributed by atoms with E-state index in [1.54, 1.807) is 0 Å². The van der Waals surface area contributed by atoms with Crippen molar-refractivity contribution < 1.29 is 0 Å². The highest BCUT2D eigenvalue weighted by molar-refractivity contribution is 5.53. The first kappa shape index (κ1) is 11.1. The molecular formula is C15H22N2. The molecule has 1 aromatic rings. The molecule has 2 heteroatoms. The fourth-order valence-electron chi connectivity index (χ4n) is 3.19. The Kier molecular flexibility index (Phi) is 2.83. The van der Waals surface area contributed by atoms with Crippen molar-refractivity contribution in [1.82, 2.24) is 4.90 Å². The van der Waals surface area contributed by atoms with Crippen LogP contribution in [-0.2, 0) is 5.41 Å². The standard InChI is InChI=1S/C15H22N2/c16-14-7-3-2-6-13(14)15(8-9-15)12-17-10-4-1-5-11-17/h2-3,6-7H,1,4-5,8-12,16H2. The summed E-state index contributed by atoms with van der Waals surface area (Å²) in [6.07, 6.45) is 6.80. The Morgan fingerprint density at radius 1 is 1.06 bits per heavy atom. The zero-order valence-electron chi connectivity index (χ0n) is 10.5. The van der Waals surface area contributed by atoms with Crippen LogP contribution in [0.25, 0.3) is 0 Å². The third-order valence-electron chi connectivity index (χ3n) is 4.36. The second-order valence-electron chi connectivity index (χ2n) is 5.70. The quantitative estimate of drug-likeness (QED) is 0.809. The summed E-state index contributed by atoms with van der Waals surface area (Å²) in [6, 6.07) is 8.44. The molecule has 2 fully saturated rings. The van der Waals surface area contributed by atoms with Gasteiger partial charge in [-0.2, -0.15) is 0 Å². The van der Waals surface area contributed by atoms with Gasteiger partial charge < -0.3 is 10.6 Å². The lowest BCUT2D eigenvalue weighted by molar-refractivity contribution is 0.210. The van der Waals surface area contributed by atoms with Crippen molar-refractivity contribution in [2.24, 2.45) is 0 Å². The molecular weight excluding hydrogens is 208 g/mol. The van der Waals surface area contributed by atoms with Crippen molar-refractivity contribution in [3.05, 3.63) is 29.8 Å². The van der Waals surface area contributed by atoms with Gasteiger partial charge in [0, 0.05) is 17.6 Å². The van der Waals surface area contributed by atoms with E-state index in [1.807, 2.05) is 12.1 Å². The Balaban J connectivity index is 1.75. The summed E-state index contributed by atoms with van der Waals surface area (Å²) >= 11 is 0. The Hall–Kier alpha value is -1.02. The average molecular weight is 230 g/mol. The van der Waals surface area contributed by atoms with Gasteiger partial charge in [-0.15, -0.1) is 0 Å². The highest BCUT2D eigenvalue weighted by Gasteiger charge is 2.46. The largest absolute Gasteiger partial charge is 0.398 e. The number of nitrogens with two attached hydrogens (primary N) is 1. The third kappa shape index (κ3) is 2.19. The topological polar surface area (TPSA) is 29.3 Å². The first-order valence-electron chi connectivity index (χ1n) is 6.88. The van der Waals surface area contributed by atoms with E-state index in [4.69, 9.17) is 5.73 Å². The summed E-state index contributed by atoms with van der Waals surface area (Å²) in [5.74, 6) is 0. The molecule has 1 aliphatic heterocycles. The van der Waals surface area contributed by atoms with Gasteiger partial charge >= 0.3 is 0 Å². The van der Waals surface area contributed by atoms with Gasteiger partial charge in [0.1, 0.15) is 0 Å². The van der Waals surface area contributed by atoms with Gasteiger partial charge in [0.05, 0.1) is 0 Å². The van der Waals surface area contributed by atoms with E-state index in [1.165, 1.54) is 57.3 Å². The Morgan fingerprint density at radius 3 is 2.41 bits per heavy atom. The molecule has 3 rings (SSSR count). The SMILES string of the molecule is Nc1ccccc1C1(CN2CCCCC2)CC1. The second kappa shape index (κ2) is 4.34. The number of nitrogens with zero attached hydrogens (tertiary/aromatic N) is 1. The van der Waals surface area contributed by atoms with Gasteiger partial charge in [-0.3, -0.25) is 0 Å². The smallest absolute Gasteiger partial charge is 0.0352 e. The zero-order valence-corrected chi connectivity index (χ0v) is 10.5. The minimum absolute atomic E-state index is 0.392. The maximum Gasteiger partial charge on any atom is 0.0352 e. The van der Waals surface area contributed by atoms with Gasteiger partial charge in [0.2, 0.25) is 0 Å². The van der Waals surface area contributed by atoms with Crippen LogP contribution in [-0.4, -0.2) is 24.5 Å². The molecule has 1 aliphatic carbocycles. The van der Waals surface area contributed by atoms with Crippen LogP contribution >= 0.6 is 0 Å². The molecule has 1 aromatic carbocycles. The van der Waals surface area contributed by atoms with Gasteiger partial charge in [0.15, 0.2) is 0 Å². The molecule has 0 aromatic heterocycles. The highest BCUT2D eigenvalue weighted by atomic mass is 15.1. The van der Waals surface area contributed by atoms with Gasteiger partial charge in [-0.25, -0.2) is 0 Å². The van der Waals surface area contributed by atoms with Crippen LogP contribution in [0.5, 0.6) is 0 Å². The molecule has 1 saturated carbocycles. The number of benzene rings is 1. The van der Waals surface area contributed by atoms with E-state index in [0.717, 1.165) is 5.69 Å². The van der Waals surface area contributed by atoms with Crippen LogP contribution in [0.3, 0.4) is 0 Å². The number of para-hydroxylation sites is 1. The lowest BCUT2D eigenvalue weighted by Gasteiger charge is -2.31. The van der Waals surface area contributed by atoms with Crippen LogP contribution in [0.1, 0.15) is 37.7 Å². The monoisotopic (exact) mass is 230 g/mol. The van der Waals surface area contributed by atoms with Gasteiger partial charge in [0.25, 0.3) is 0 Å². The number of hydrogen-bond donors (Lipinski definition) is 1. The van der Waals surface area contributed by atoms with Crippen LogP contribution in [0, 0.1) is 0 Å². The average Bonchev–Trinajstić information content (AvgIpc) is 3.12. The number of anilines is 1. The number of likely N-dealkylation sites (tertiary alicyclic amines) is 1. The van der Waals surface area contributed by atoms with Crippen molar-refractivity contribution in [3.8, 4) is 0 Å². The lowest BCUT2D eigenvalue weighted by Crippen LogP contribution is -2.36. The molecule has 0 unspecified atom stereocenters. The van der Waals surface area contributed by atoms with Crippen molar-refractivity contribution >= 4 is 5.69 Å². The van der Waals surface area contributed by atoms with Crippen molar-refractivity contribution in [1.29, 1.82) is 0 Å². The summed E-state index contributed by atoms with van der Waals surface area (Å²) < 4.78 is 0. The lowest BCUT2D eigenvalue weighted by atomic mass is 9.93. The summed E-state index contributed by atoms with van der Waals surface area (Å²) in [5, 5.41) is 0. The third-order valence-corrected chi connectivity index (χ3v) is 4.36. The fraction of sp³-hybridized carbons (Fsp3) is 0.600. The molecule has 0 spiro atoms. The van der Waals surface area contributed by atoms with Gasteiger partial charge in [-0.1, -0.05) is 24.6 Å². The molecule has 0 atom stereocenters. The molecule has 2 N–H and O–H groups in total. The van der Waals surface area contributed by atoms with Crippen molar-refractivity contribution in [3.63, 3.8) is 0 Å². The minimum atomic E-state index is 0.392. The first-order valence-corrected chi connectivity index (χ1v) is 6.88. The molecule has 0 amide bonds. The van der Waals surface area contributed by atoms with Crippen LogP contribution in [0.15, 0.2) is 24.3 Å². The Morgan fingerprint density at radius 2 is 1.76 bits per heavy atom. The minimum Gasteiger partial charge on any atom is -0.398 e. The summed E-state index contributed by atoms with van der Waals surface area (Å²) in [5.41, 5.74) is 8.91. The first-order chi connectivity index (χ1) is 8.30. The number of nitrogen functional groups attached to an aromatic ring is 1. The number of hydrogen-bond acceptors (Lipinski definition) is 2. The molecule has 0 radical (unpaired) electrons. The molecule has 2 aliphatic rings. The number of rotatable bonds is 3.